The number of fused-ring (bicyclic) bond motifs is 1. The SMILES string of the molecule is CCOC(=O)C1=C(O)[C@H]2CCC[C@H]2[C@H]([N+](=O)[O-])[C@@H]1c1ccc(C)cc1. The summed E-state index contributed by atoms with van der Waals surface area (Å²) in [6.07, 6.45) is 2.18. The summed E-state index contributed by atoms with van der Waals surface area (Å²) in [5.41, 5.74) is 1.77. The zero-order valence-electron chi connectivity index (χ0n) is 14.5. The van der Waals surface area contributed by atoms with E-state index in [2.05, 4.69) is 0 Å². The molecule has 1 aromatic rings. The predicted molar refractivity (Wildman–Crippen MR) is 91.8 cm³/mol. The van der Waals surface area contributed by atoms with Crippen molar-refractivity contribution in [2.24, 2.45) is 11.8 Å². The van der Waals surface area contributed by atoms with Crippen molar-refractivity contribution in [2.45, 2.75) is 45.1 Å². The van der Waals surface area contributed by atoms with Gasteiger partial charge in [-0.05, 0) is 32.3 Å². The van der Waals surface area contributed by atoms with E-state index < -0.39 is 17.9 Å². The molecule has 0 aromatic heterocycles. The zero-order chi connectivity index (χ0) is 18.1. The van der Waals surface area contributed by atoms with E-state index in [0.29, 0.717) is 18.4 Å². The maximum absolute atomic E-state index is 12.6. The molecule has 0 spiro atoms. The Bertz CT molecular complexity index is 709. The van der Waals surface area contributed by atoms with E-state index in [-0.39, 0.29) is 34.7 Å². The minimum Gasteiger partial charge on any atom is -0.511 e. The lowest BCUT2D eigenvalue weighted by atomic mass is 9.69. The number of aliphatic hydroxyl groups excluding tert-OH is 1. The van der Waals surface area contributed by atoms with Gasteiger partial charge in [-0.25, -0.2) is 4.79 Å². The third-order valence-corrected chi connectivity index (χ3v) is 5.46. The van der Waals surface area contributed by atoms with Crippen molar-refractivity contribution in [2.75, 3.05) is 6.61 Å². The molecule has 1 fully saturated rings. The van der Waals surface area contributed by atoms with E-state index in [1.54, 1.807) is 19.1 Å². The van der Waals surface area contributed by atoms with Crippen molar-refractivity contribution in [1.29, 1.82) is 0 Å². The van der Waals surface area contributed by atoms with Crippen LogP contribution in [0.25, 0.3) is 0 Å². The second-order valence-electron chi connectivity index (χ2n) is 6.88. The molecule has 0 radical (unpaired) electrons. The maximum Gasteiger partial charge on any atom is 0.338 e. The molecule has 1 N–H and O–H groups in total. The van der Waals surface area contributed by atoms with Gasteiger partial charge < -0.3 is 9.84 Å². The summed E-state index contributed by atoms with van der Waals surface area (Å²) in [6.45, 7) is 3.78. The quantitative estimate of drug-likeness (QED) is 0.512. The molecule has 0 saturated heterocycles. The number of ether oxygens (including phenoxy) is 1. The van der Waals surface area contributed by atoms with Crippen LogP contribution in [0.15, 0.2) is 35.6 Å². The molecule has 2 aliphatic rings. The highest BCUT2D eigenvalue weighted by Gasteiger charge is 2.55. The molecule has 3 rings (SSSR count). The topological polar surface area (TPSA) is 89.7 Å². The number of hydrogen-bond acceptors (Lipinski definition) is 5. The van der Waals surface area contributed by atoms with Gasteiger partial charge in [0.1, 0.15) is 5.76 Å². The minimum atomic E-state index is -0.925. The Morgan fingerprint density at radius 1 is 1.32 bits per heavy atom. The summed E-state index contributed by atoms with van der Waals surface area (Å²) < 4.78 is 5.12. The molecule has 6 nitrogen and oxygen atoms in total. The Hall–Kier alpha value is -2.37. The first-order valence-corrected chi connectivity index (χ1v) is 8.75. The molecule has 6 heteroatoms. The van der Waals surface area contributed by atoms with Crippen molar-refractivity contribution < 1.29 is 19.6 Å². The number of aliphatic hydroxyl groups is 1. The van der Waals surface area contributed by atoms with Gasteiger partial charge in [-0.1, -0.05) is 36.2 Å². The number of allylic oxidation sites excluding steroid dienone is 1. The first-order chi connectivity index (χ1) is 12.0. The molecule has 0 unspecified atom stereocenters. The number of carbonyl (C=O) groups excluding carboxylic acids is 1. The van der Waals surface area contributed by atoms with E-state index in [9.17, 15) is 20.0 Å². The molecule has 1 saturated carbocycles. The smallest absolute Gasteiger partial charge is 0.338 e. The number of esters is 1. The first kappa shape index (κ1) is 17.5. The lowest BCUT2D eigenvalue weighted by Gasteiger charge is -2.35. The minimum absolute atomic E-state index is 0.00961. The number of benzene rings is 1. The zero-order valence-corrected chi connectivity index (χ0v) is 14.5. The van der Waals surface area contributed by atoms with Gasteiger partial charge in [0.25, 0.3) is 0 Å². The number of nitrogens with zero attached hydrogens (tertiary/aromatic N) is 1. The number of hydrogen-bond donors (Lipinski definition) is 1. The molecular weight excluding hydrogens is 322 g/mol. The number of carbonyl (C=O) groups is 1. The van der Waals surface area contributed by atoms with Crippen LogP contribution >= 0.6 is 0 Å². The van der Waals surface area contributed by atoms with Crippen LogP contribution in [0.4, 0.5) is 0 Å². The molecule has 4 atom stereocenters. The fraction of sp³-hybridized carbons (Fsp3) is 0.526. The predicted octanol–water partition coefficient (Wildman–Crippen LogP) is 3.53. The maximum atomic E-state index is 12.6. The Kier molecular flexibility index (Phi) is 4.79. The Morgan fingerprint density at radius 3 is 2.60 bits per heavy atom. The van der Waals surface area contributed by atoms with Crippen molar-refractivity contribution in [3.63, 3.8) is 0 Å². The normalized spacial score (nSPS) is 28.6. The average Bonchev–Trinajstić information content (AvgIpc) is 3.05. The van der Waals surface area contributed by atoms with Gasteiger partial charge in [0.15, 0.2) is 0 Å². The highest BCUT2D eigenvalue weighted by atomic mass is 16.6. The highest BCUT2D eigenvalue weighted by Crippen LogP contribution is 2.51. The second kappa shape index (κ2) is 6.86. The van der Waals surface area contributed by atoms with Crippen LogP contribution < -0.4 is 0 Å². The average molecular weight is 345 g/mol. The molecular formula is C19H23NO5. The van der Waals surface area contributed by atoms with Gasteiger partial charge in [0.05, 0.1) is 18.1 Å². The van der Waals surface area contributed by atoms with E-state index in [0.717, 1.165) is 12.0 Å². The number of aryl methyl sites for hydroxylation is 1. The van der Waals surface area contributed by atoms with Gasteiger partial charge in [-0.3, -0.25) is 10.1 Å². The molecule has 1 aromatic carbocycles. The lowest BCUT2D eigenvalue weighted by molar-refractivity contribution is -0.537. The van der Waals surface area contributed by atoms with Crippen LogP contribution in [0.5, 0.6) is 0 Å². The Labute approximate surface area is 146 Å². The molecule has 25 heavy (non-hydrogen) atoms. The first-order valence-electron chi connectivity index (χ1n) is 8.75. The summed E-state index contributed by atoms with van der Waals surface area (Å²) in [6, 6.07) is 6.42. The van der Waals surface area contributed by atoms with E-state index >= 15 is 0 Å². The van der Waals surface area contributed by atoms with E-state index in [1.807, 2.05) is 19.1 Å². The summed E-state index contributed by atoms with van der Waals surface area (Å²) in [7, 11) is 0. The Morgan fingerprint density at radius 2 is 2.00 bits per heavy atom. The van der Waals surface area contributed by atoms with Crippen LogP contribution in [0.2, 0.25) is 0 Å². The van der Waals surface area contributed by atoms with Crippen molar-refractivity contribution >= 4 is 5.97 Å². The van der Waals surface area contributed by atoms with E-state index in [4.69, 9.17) is 4.74 Å². The van der Waals surface area contributed by atoms with Gasteiger partial charge in [0, 0.05) is 16.8 Å². The molecule has 0 bridgehead atoms. The van der Waals surface area contributed by atoms with Crippen molar-refractivity contribution in [1.82, 2.24) is 0 Å². The standard InChI is InChI=1S/C19H23NO5/c1-3-25-19(22)16-15(12-9-7-11(2)8-10-12)17(20(23)24)13-5-4-6-14(13)18(16)21/h7-10,13-15,17,21H,3-6H2,1-2H3/t13-,14+,15-,17+/m1/s1. The Balaban J connectivity index is 2.17. The highest BCUT2D eigenvalue weighted by molar-refractivity contribution is 5.91. The largest absolute Gasteiger partial charge is 0.511 e. The fourth-order valence-corrected chi connectivity index (χ4v) is 4.37. The monoisotopic (exact) mass is 345 g/mol. The van der Waals surface area contributed by atoms with Gasteiger partial charge in [0.2, 0.25) is 6.04 Å². The van der Waals surface area contributed by atoms with Crippen LogP contribution in [0.1, 0.15) is 43.2 Å². The number of rotatable bonds is 4. The third-order valence-electron chi connectivity index (χ3n) is 5.46. The van der Waals surface area contributed by atoms with Crippen LogP contribution in [-0.2, 0) is 9.53 Å². The summed E-state index contributed by atoms with van der Waals surface area (Å²) in [4.78, 5) is 24.2. The lowest BCUT2D eigenvalue weighted by Crippen LogP contribution is -2.44. The summed E-state index contributed by atoms with van der Waals surface area (Å²) >= 11 is 0. The van der Waals surface area contributed by atoms with Crippen molar-refractivity contribution in [3.05, 3.63) is 56.8 Å². The molecule has 0 amide bonds. The molecule has 0 heterocycles. The van der Waals surface area contributed by atoms with Gasteiger partial charge >= 0.3 is 5.97 Å². The third kappa shape index (κ3) is 3.01. The fourth-order valence-electron chi connectivity index (χ4n) is 4.37. The molecule has 0 aliphatic heterocycles. The summed E-state index contributed by atoms with van der Waals surface area (Å²) in [5.74, 6) is -2.02. The second-order valence-corrected chi connectivity index (χ2v) is 6.88. The molecule has 134 valence electrons. The van der Waals surface area contributed by atoms with Crippen LogP contribution in [-0.4, -0.2) is 28.6 Å². The summed E-state index contributed by atoms with van der Waals surface area (Å²) in [5, 5.41) is 22.7. The van der Waals surface area contributed by atoms with E-state index in [1.165, 1.54) is 0 Å². The number of nitro groups is 1. The van der Waals surface area contributed by atoms with Gasteiger partial charge in [-0.2, -0.15) is 0 Å². The molecule has 2 aliphatic carbocycles. The van der Waals surface area contributed by atoms with Crippen molar-refractivity contribution in [3.8, 4) is 0 Å². The van der Waals surface area contributed by atoms with Crippen LogP contribution in [0, 0.1) is 28.9 Å². The van der Waals surface area contributed by atoms with Gasteiger partial charge in [-0.15, -0.1) is 0 Å². The van der Waals surface area contributed by atoms with Crippen LogP contribution in [0.3, 0.4) is 0 Å².